The molecule has 0 spiro atoms. The van der Waals surface area contributed by atoms with E-state index in [1.165, 1.54) is 47.4 Å². The van der Waals surface area contributed by atoms with Crippen molar-refractivity contribution < 1.29 is 18.3 Å². The molecular formula is C56H51ClF2N12O2. The standard InChI is InChI=1S/C28H25FN6O.C15H7ClFN3.C13H19N3O/c1-28(2)17-35(23-15-19(16-32-27(23)28)34-10-12-36-13-11-34)26-20-8-7-18(29)14-22(20)33-24(25(26)30-3)21-6-4-5-9-31-21;1-18-15-13(16)10-6-5-9(17)8-12(10)20-14(15)11-4-2-3-7-19-11;1-13(2)9-15-11-7-10(8-14-12(11)13)16-3-5-17-6-4-16/h4-9,14-16H,10-13,17H2,1-2H3;2-8H;7-8,15H,3-6,9H2,1-2H3. The average molecular weight is 998 g/mol. The van der Waals surface area contributed by atoms with Crippen molar-refractivity contribution in [3.8, 4) is 22.8 Å². The van der Waals surface area contributed by atoms with Crippen molar-refractivity contribution in [1.29, 1.82) is 0 Å². The van der Waals surface area contributed by atoms with Crippen LogP contribution < -0.4 is 20.0 Å². The van der Waals surface area contributed by atoms with Gasteiger partial charge < -0.3 is 29.5 Å². The third kappa shape index (κ3) is 9.77. The molecule has 2 aromatic carbocycles. The molecule has 8 aromatic rings. The number of anilines is 5. The van der Waals surface area contributed by atoms with E-state index in [9.17, 15) is 8.78 Å². The molecule has 73 heavy (non-hydrogen) atoms. The number of hydrogen-bond acceptors (Lipinski definition) is 12. The fraction of sp³-hybridized carbons (Fsp3) is 0.286. The van der Waals surface area contributed by atoms with Gasteiger partial charge in [-0.3, -0.25) is 29.9 Å². The molecule has 12 rings (SSSR count). The number of benzene rings is 2. The minimum absolute atomic E-state index is 0.152. The quantitative estimate of drug-likeness (QED) is 0.165. The first kappa shape index (κ1) is 48.7. The van der Waals surface area contributed by atoms with Gasteiger partial charge in [-0.2, -0.15) is 0 Å². The fourth-order valence-corrected chi connectivity index (χ4v) is 9.98. The Kier molecular flexibility index (Phi) is 13.6. The summed E-state index contributed by atoms with van der Waals surface area (Å²) in [6, 6.07) is 23.9. The molecule has 0 bridgehead atoms. The second-order valence-electron chi connectivity index (χ2n) is 19.3. The Morgan fingerprint density at radius 3 is 1.73 bits per heavy atom. The van der Waals surface area contributed by atoms with Gasteiger partial charge >= 0.3 is 0 Å². The lowest BCUT2D eigenvalue weighted by Crippen LogP contribution is -2.36. The van der Waals surface area contributed by atoms with E-state index in [1.54, 1.807) is 36.7 Å². The molecule has 0 atom stereocenters. The zero-order valence-corrected chi connectivity index (χ0v) is 41.6. The molecule has 0 unspecified atom stereocenters. The third-order valence-corrected chi connectivity index (χ3v) is 13.8. The van der Waals surface area contributed by atoms with Crippen LogP contribution in [0.3, 0.4) is 0 Å². The van der Waals surface area contributed by atoms with Crippen LogP contribution in [0.5, 0.6) is 0 Å². The Hall–Kier alpha value is -7.89. The van der Waals surface area contributed by atoms with Gasteiger partial charge in [0.05, 0.1) is 131 Å². The second kappa shape index (κ2) is 20.3. The topological polar surface area (TPSA) is 126 Å². The van der Waals surface area contributed by atoms with Gasteiger partial charge in [0, 0.05) is 85.4 Å². The lowest BCUT2D eigenvalue weighted by Gasteiger charge is -2.30. The molecule has 1 N–H and O–H groups in total. The van der Waals surface area contributed by atoms with E-state index >= 15 is 0 Å². The monoisotopic (exact) mass is 996 g/mol. The van der Waals surface area contributed by atoms with Crippen LogP contribution in [0.2, 0.25) is 5.02 Å². The number of hydrogen-bond donors (Lipinski definition) is 1. The van der Waals surface area contributed by atoms with E-state index < -0.39 is 5.82 Å². The molecule has 2 fully saturated rings. The number of aromatic nitrogens is 6. The summed E-state index contributed by atoms with van der Waals surface area (Å²) in [5.41, 5.74) is 10.6. The number of ether oxygens (including phenoxy) is 2. The van der Waals surface area contributed by atoms with Crippen molar-refractivity contribution in [3.05, 3.63) is 161 Å². The SMILES string of the molecule is CC1(C)CNc2cc(N3CCOCC3)cnc21.[C-]#[N+]c1c(-c2ccccn2)nc2cc(F)ccc2c1Cl.[C-]#[N+]c1c(-c2ccccn2)nc2cc(F)ccc2c1N1CC(C)(C)c2ncc(N3CCOCC3)cc21. The van der Waals surface area contributed by atoms with Crippen molar-refractivity contribution in [1.82, 2.24) is 29.9 Å². The zero-order chi connectivity index (χ0) is 50.9. The molecule has 0 saturated carbocycles. The molecule has 2 saturated heterocycles. The number of halogens is 3. The predicted molar refractivity (Wildman–Crippen MR) is 283 cm³/mol. The maximum atomic E-state index is 14.3. The van der Waals surface area contributed by atoms with Crippen LogP contribution >= 0.6 is 11.6 Å². The Bertz CT molecular complexity index is 3450. The van der Waals surface area contributed by atoms with Gasteiger partial charge in [-0.15, -0.1) is 0 Å². The highest BCUT2D eigenvalue weighted by atomic mass is 35.5. The highest BCUT2D eigenvalue weighted by Gasteiger charge is 2.40. The van der Waals surface area contributed by atoms with Crippen LogP contribution in [-0.2, 0) is 20.3 Å². The number of fused-ring (bicyclic) bond motifs is 4. The summed E-state index contributed by atoms with van der Waals surface area (Å²) in [5, 5.41) is 5.00. The van der Waals surface area contributed by atoms with Gasteiger partial charge in [0.1, 0.15) is 11.6 Å². The largest absolute Gasteiger partial charge is 0.383 e. The summed E-state index contributed by atoms with van der Waals surface area (Å²) in [5.74, 6) is -0.773. The maximum Gasteiger partial charge on any atom is 0.238 e. The Morgan fingerprint density at radius 2 is 1.16 bits per heavy atom. The summed E-state index contributed by atoms with van der Waals surface area (Å²) in [6.45, 7) is 32.4. The number of nitrogens with zero attached hydrogens (tertiary/aromatic N) is 11. The highest BCUT2D eigenvalue weighted by molar-refractivity contribution is 6.38. The third-order valence-electron chi connectivity index (χ3n) is 13.4. The van der Waals surface area contributed by atoms with Crippen molar-refractivity contribution in [2.24, 2.45) is 0 Å². The van der Waals surface area contributed by atoms with Crippen LogP contribution in [0.25, 0.3) is 54.3 Å². The molecule has 10 heterocycles. The van der Waals surface area contributed by atoms with Crippen LogP contribution in [0.15, 0.2) is 110 Å². The maximum absolute atomic E-state index is 14.3. The molecule has 368 valence electrons. The number of pyridine rings is 6. The van der Waals surface area contributed by atoms with E-state index in [4.69, 9.17) is 44.2 Å². The predicted octanol–water partition coefficient (Wildman–Crippen LogP) is 11.9. The molecular weight excluding hydrogens is 946 g/mol. The normalized spacial score (nSPS) is 16.3. The molecule has 14 nitrogen and oxygen atoms in total. The van der Waals surface area contributed by atoms with Crippen LogP contribution in [0.1, 0.15) is 39.1 Å². The van der Waals surface area contributed by atoms with Crippen molar-refractivity contribution in [2.75, 3.05) is 85.7 Å². The molecule has 4 aliphatic rings. The Balaban J connectivity index is 0.000000139. The lowest BCUT2D eigenvalue weighted by atomic mass is 9.91. The van der Waals surface area contributed by atoms with Crippen molar-refractivity contribution >= 4 is 73.2 Å². The van der Waals surface area contributed by atoms with Gasteiger partial charge in [-0.1, -0.05) is 51.4 Å². The summed E-state index contributed by atoms with van der Waals surface area (Å²) in [6.07, 6.45) is 7.21. The van der Waals surface area contributed by atoms with Crippen LogP contribution in [-0.4, -0.2) is 95.6 Å². The molecule has 0 aliphatic carbocycles. The van der Waals surface area contributed by atoms with E-state index in [0.717, 1.165) is 68.4 Å². The van der Waals surface area contributed by atoms with Gasteiger partial charge in [0.2, 0.25) is 11.4 Å². The van der Waals surface area contributed by atoms with Crippen molar-refractivity contribution in [2.45, 2.75) is 38.5 Å². The molecule has 4 aliphatic heterocycles. The Morgan fingerprint density at radius 1 is 0.630 bits per heavy atom. The first-order valence-corrected chi connectivity index (χ1v) is 24.4. The van der Waals surface area contributed by atoms with Gasteiger partial charge in [0.15, 0.2) is 0 Å². The number of nitrogens with one attached hydrogen (secondary N) is 1. The van der Waals surface area contributed by atoms with Crippen LogP contribution in [0, 0.1) is 24.8 Å². The first-order valence-electron chi connectivity index (χ1n) is 24.0. The van der Waals surface area contributed by atoms with Crippen LogP contribution in [0.4, 0.5) is 48.6 Å². The van der Waals surface area contributed by atoms with Gasteiger partial charge in [-0.25, -0.2) is 18.5 Å². The van der Waals surface area contributed by atoms with Gasteiger partial charge in [-0.05, 0) is 60.7 Å². The summed E-state index contributed by atoms with van der Waals surface area (Å²) in [4.78, 5) is 41.4. The van der Waals surface area contributed by atoms with E-state index in [-0.39, 0.29) is 27.4 Å². The first-order chi connectivity index (χ1) is 35.3. The molecule has 0 radical (unpaired) electrons. The van der Waals surface area contributed by atoms with E-state index in [0.29, 0.717) is 70.3 Å². The fourth-order valence-electron chi connectivity index (χ4n) is 9.68. The molecule has 0 amide bonds. The van der Waals surface area contributed by atoms with Gasteiger partial charge in [0.25, 0.3) is 0 Å². The average Bonchev–Trinajstić information content (AvgIpc) is 3.88. The highest BCUT2D eigenvalue weighted by Crippen LogP contribution is 2.51. The second-order valence-corrected chi connectivity index (χ2v) is 19.7. The number of morpholine rings is 2. The Labute approximate surface area is 427 Å². The van der Waals surface area contributed by atoms with E-state index in [2.05, 4.69) is 89.5 Å². The summed E-state index contributed by atoms with van der Waals surface area (Å²) in [7, 11) is 0. The minimum Gasteiger partial charge on any atom is -0.383 e. The molecule has 17 heteroatoms. The lowest BCUT2D eigenvalue weighted by molar-refractivity contribution is 0.122. The van der Waals surface area contributed by atoms with Crippen molar-refractivity contribution in [3.63, 3.8) is 0 Å². The molecule has 6 aromatic heterocycles. The summed E-state index contributed by atoms with van der Waals surface area (Å²) >= 11 is 6.25. The minimum atomic E-state index is -0.399. The summed E-state index contributed by atoms with van der Waals surface area (Å²) < 4.78 is 38.6. The smallest absolute Gasteiger partial charge is 0.238 e. The number of rotatable bonds is 5. The van der Waals surface area contributed by atoms with E-state index in [1.807, 2.05) is 30.6 Å². The zero-order valence-electron chi connectivity index (χ0n) is 40.8.